The summed E-state index contributed by atoms with van der Waals surface area (Å²) >= 11 is 0.902. The number of aromatic nitrogens is 1. The van der Waals surface area contributed by atoms with Crippen LogP contribution < -0.4 is 26.0 Å². The molecule has 0 bridgehead atoms. The molecular formula is C37H52N8O13S2. The van der Waals surface area contributed by atoms with Gasteiger partial charge in [0, 0.05) is 30.6 Å². The van der Waals surface area contributed by atoms with Gasteiger partial charge in [-0.3, -0.25) is 24.9 Å². The molecule has 3 aliphatic rings. The van der Waals surface area contributed by atoms with E-state index in [-0.39, 0.29) is 29.2 Å². The van der Waals surface area contributed by atoms with Gasteiger partial charge < -0.3 is 39.7 Å². The van der Waals surface area contributed by atoms with E-state index in [9.17, 15) is 32.1 Å². The molecule has 0 unspecified atom stereocenters. The van der Waals surface area contributed by atoms with Gasteiger partial charge in [-0.2, -0.15) is 13.5 Å². The quantitative estimate of drug-likeness (QED) is 0.0421. The molecule has 23 heteroatoms. The minimum Gasteiger partial charge on any atom is -0.485 e. The van der Waals surface area contributed by atoms with Gasteiger partial charge in [-0.25, -0.2) is 14.6 Å². The third-order valence-electron chi connectivity index (χ3n) is 9.24. The van der Waals surface area contributed by atoms with E-state index in [0.29, 0.717) is 42.5 Å². The maximum Gasteiger partial charge on any atom is 0.418 e. The number of ether oxygens (including phenoxy) is 4. The molecule has 60 heavy (non-hydrogen) atoms. The number of oxime groups is 1. The molecular weight excluding hydrogens is 829 g/mol. The highest BCUT2D eigenvalue weighted by atomic mass is 32.3. The predicted octanol–water partition coefficient (Wildman–Crippen LogP) is 2.45. The minimum atomic E-state index is -5.09. The molecule has 1 aromatic carbocycles. The molecule has 0 spiro atoms. The van der Waals surface area contributed by atoms with Gasteiger partial charge in [-0.1, -0.05) is 5.16 Å². The SMILES string of the molecule is CC(C)(C)OC(=O)Nc1nc(/C(=N/O[C@](C)(C(=O)OC(C)(C)C)[C@H]2CCc3cc(C(=N)NC[C@H]4CNCCO4)ccc3O2)C(=O)N[C@@H]2C(=O)N(OS(=O)(=O)O)C2(C)C)cs1. The molecule has 4 atom stereocenters. The van der Waals surface area contributed by atoms with E-state index in [1.165, 1.54) is 26.2 Å². The number of hydrogen-bond acceptors (Lipinski definition) is 17. The van der Waals surface area contributed by atoms with E-state index in [4.69, 9.17) is 29.2 Å². The molecule has 1 aromatic heterocycles. The topological polar surface area (TPSA) is 278 Å². The second-order valence-corrected chi connectivity index (χ2v) is 18.8. The number of nitrogens with zero attached hydrogens (tertiary/aromatic N) is 3. The van der Waals surface area contributed by atoms with Crippen molar-refractivity contribution in [3.8, 4) is 5.75 Å². The van der Waals surface area contributed by atoms with Crippen LogP contribution in [-0.4, -0.2) is 125 Å². The zero-order chi connectivity index (χ0) is 44.4. The van der Waals surface area contributed by atoms with E-state index >= 15 is 0 Å². The van der Waals surface area contributed by atoms with Gasteiger partial charge in [0.25, 0.3) is 17.4 Å². The second kappa shape index (κ2) is 17.6. The van der Waals surface area contributed by atoms with Crippen molar-refractivity contribution >= 4 is 62.3 Å². The lowest BCUT2D eigenvalue weighted by Gasteiger charge is -2.50. The van der Waals surface area contributed by atoms with Crippen molar-refractivity contribution in [2.75, 3.05) is 31.6 Å². The number of amides is 3. The van der Waals surface area contributed by atoms with Gasteiger partial charge in [0.15, 0.2) is 16.9 Å². The Morgan fingerprint density at radius 1 is 1.13 bits per heavy atom. The number of aryl methyl sites for hydroxylation is 1. The first-order valence-electron chi connectivity index (χ1n) is 19.0. The summed E-state index contributed by atoms with van der Waals surface area (Å²) < 4.78 is 59.5. The molecule has 3 amide bonds. The summed E-state index contributed by atoms with van der Waals surface area (Å²) in [5.41, 5.74) is -4.67. The number of β-lactam (4-membered cyclic amide) rings is 1. The highest BCUT2D eigenvalue weighted by molar-refractivity contribution is 7.80. The van der Waals surface area contributed by atoms with Gasteiger partial charge >= 0.3 is 22.5 Å². The fourth-order valence-corrected chi connectivity index (χ4v) is 7.34. The van der Waals surface area contributed by atoms with Crippen LogP contribution in [0.25, 0.3) is 0 Å². The molecule has 330 valence electrons. The fourth-order valence-electron chi connectivity index (χ4n) is 6.20. The Morgan fingerprint density at radius 3 is 2.45 bits per heavy atom. The average Bonchev–Trinajstić information content (AvgIpc) is 3.60. The molecule has 4 heterocycles. The normalized spacial score (nSPS) is 21.6. The monoisotopic (exact) mass is 880 g/mol. The summed E-state index contributed by atoms with van der Waals surface area (Å²) in [6.45, 7) is 16.6. The van der Waals surface area contributed by atoms with Gasteiger partial charge in [-0.05, 0) is 98.9 Å². The van der Waals surface area contributed by atoms with Crippen LogP contribution in [0.3, 0.4) is 0 Å². The number of morpholine rings is 1. The second-order valence-electron chi connectivity index (χ2n) is 16.9. The summed E-state index contributed by atoms with van der Waals surface area (Å²) in [6.07, 6.45) is -1.34. The van der Waals surface area contributed by atoms with Gasteiger partial charge in [0.05, 0.1) is 18.2 Å². The number of esters is 1. The molecule has 0 radical (unpaired) electrons. The maximum atomic E-state index is 14.1. The van der Waals surface area contributed by atoms with Crippen molar-refractivity contribution in [3.63, 3.8) is 0 Å². The summed E-state index contributed by atoms with van der Waals surface area (Å²) in [4.78, 5) is 63.9. The number of hydroxylamine groups is 2. The predicted molar refractivity (Wildman–Crippen MR) is 216 cm³/mol. The molecule has 2 saturated heterocycles. The Labute approximate surface area is 351 Å². The number of carbonyl (C=O) groups excluding carboxylic acids is 4. The van der Waals surface area contributed by atoms with Crippen LogP contribution in [0, 0.1) is 5.41 Å². The van der Waals surface area contributed by atoms with Crippen LogP contribution in [0.4, 0.5) is 9.93 Å². The first-order chi connectivity index (χ1) is 27.8. The van der Waals surface area contributed by atoms with Crippen molar-refractivity contribution in [1.82, 2.24) is 26.0 Å². The summed E-state index contributed by atoms with van der Waals surface area (Å²) in [6, 6.07) is 3.82. The fraction of sp³-hybridized carbons (Fsp3) is 0.595. The lowest BCUT2D eigenvalue weighted by molar-refractivity contribution is -0.218. The standard InChI is InChI=1S/C37H52N8O13S2/c1-34(2,3)55-31(48)37(9,25-13-11-20-16-21(10-12-24(20)54-25)28(38)40-18-22-17-39-14-15-53-22)57-44-26(23-19-59-32(41-23)43-33(49)56-35(4,5)6)29(46)42-27-30(47)45(36(27,7)8)58-60(50,51)52/h10,12,16,19,22,25,27,39H,11,13-15,17-18H2,1-9H3,(H2,38,40)(H,42,46)(H,41,43,49)(H,50,51,52)/b44-26-/t22-,25-,27-,37+/m1/s1. The van der Waals surface area contributed by atoms with E-state index in [2.05, 4.69) is 35.7 Å². The van der Waals surface area contributed by atoms with Gasteiger partial charge in [0.1, 0.15) is 34.5 Å². The highest BCUT2D eigenvalue weighted by Gasteiger charge is 2.58. The van der Waals surface area contributed by atoms with E-state index in [0.717, 1.165) is 23.4 Å². The number of hydrogen-bond donors (Lipinski definition) is 6. The molecule has 2 aromatic rings. The number of thiazole rings is 1. The first kappa shape index (κ1) is 46.1. The lowest BCUT2D eigenvalue weighted by Crippen LogP contribution is -2.76. The minimum absolute atomic E-state index is 0.00312. The van der Waals surface area contributed by atoms with E-state index in [1.807, 2.05) is 6.07 Å². The first-order valence-corrected chi connectivity index (χ1v) is 21.2. The van der Waals surface area contributed by atoms with Crippen molar-refractivity contribution in [3.05, 3.63) is 40.4 Å². The van der Waals surface area contributed by atoms with Crippen molar-refractivity contribution in [1.29, 1.82) is 5.41 Å². The van der Waals surface area contributed by atoms with Crippen LogP contribution in [-0.2, 0) is 54.5 Å². The average molecular weight is 881 g/mol. The third kappa shape index (κ3) is 11.5. The van der Waals surface area contributed by atoms with E-state index in [1.54, 1.807) is 53.7 Å². The van der Waals surface area contributed by atoms with Gasteiger partial charge in [0.2, 0.25) is 0 Å². The summed E-state index contributed by atoms with van der Waals surface area (Å²) in [5.74, 6) is -2.34. The molecule has 2 fully saturated rings. The smallest absolute Gasteiger partial charge is 0.418 e. The lowest BCUT2D eigenvalue weighted by atomic mass is 9.84. The zero-order valence-electron chi connectivity index (χ0n) is 34.8. The van der Waals surface area contributed by atoms with Crippen molar-refractivity contribution in [2.45, 2.75) is 116 Å². The molecule has 6 N–H and O–H groups in total. The Balaban J connectivity index is 1.43. The molecule has 21 nitrogen and oxygen atoms in total. The Hall–Kier alpha value is -4.94. The summed E-state index contributed by atoms with van der Waals surface area (Å²) in [7, 11) is -5.09. The van der Waals surface area contributed by atoms with Crippen LogP contribution >= 0.6 is 11.3 Å². The van der Waals surface area contributed by atoms with Crippen LogP contribution in [0.15, 0.2) is 28.7 Å². The van der Waals surface area contributed by atoms with Crippen molar-refractivity contribution < 1.29 is 60.2 Å². The number of amidine groups is 1. The Morgan fingerprint density at radius 2 is 1.83 bits per heavy atom. The molecule has 0 aliphatic carbocycles. The number of anilines is 1. The largest absolute Gasteiger partial charge is 0.485 e. The van der Waals surface area contributed by atoms with Gasteiger partial charge in [-0.15, -0.1) is 15.6 Å². The van der Waals surface area contributed by atoms with Crippen molar-refractivity contribution in [2.24, 2.45) is 5.16 Å². The molecule has 0 saturated carbocycles. The maximum absolute atomic E-state index is 14.1. The van der Waals surface area contributed by atoms with E-state index < -0.39 is 74.5 Å². The Bertz CT molecular complexity index is 2120. The van der Waals surface area contributed by atoms with Crippen LogP contribution in [0.1, 0.15) is 85.6 Å². The molecule has 5 rings (SSSR count). The summed E-state index contributed by atoms with van der Waals surface area (Å²) in [5, 5.41) is 25.8. The highest BCUT2D eigenvalue weighted by Crippen LogP contribution is 2.36. The van der Waals surface area contributed by atoms with Crippen LogP contribution in [0.5, 0.6) is 5.75 Å². The Kier molecular flexibility index (Phi) is 13.5. The molecule has 3 aliphatic heterocycles. The number of fused-ring (bicyclic) bond motifs is 1. The third-order valence-corrected chi connectivity index (χ3v) is 10.3. The number of rotatable bonds is 13. The number of nitrogens with one attached hydrogen (secondary N) is 5. The van der Waals surface area contributed by atoms with Crippen LogP contribution in [0.2, 0.25) is 0 Å². The number of carbonyl (C=O) groups is 4. The number of benzene rings is 1. The zero-order valence-corrected chi connectivity index (χ0v) is 36.4.